The van der Waals surface area contributed by atoms with Crippen LogP contribution < -0.4 is 0 Å². The van der Waals surface area contributed by atoms with Crippen LogP contribution in [0.5, 0.6) is 0 Å². The van der Waals surface area contributed by atoms with Crippen molar-refractivity contribution in [3.63, 3.8) is 0 Å². The minimum absolute atomic E-state index is 0.137. The minimum Gasteiger partial charge on any atom is -0.326 e. The Balaban J connectivity index is 2.66. The molecule has 0 saturated carbocycles. The normalized spacial score (nSPS) is 12.9. The third kappa shape index (κ3) is 2.34. The van der Waals surface area contributed by atoms with E-state index in [0.29, 0.717) is 11.5 Å². The molecule has 1 aromatic carbocycles. The molecule has 0 radical (unpaired) electrons. The van der Waals surface area contributed by atoms with Gasteiger partial charge in [0.15, 0.2) is 0 Å². The monoisotopic (exact) mass is 261 g/mol. The molecule has 0 fully saturated rings. The topological polar surface area (TPSA) is 41.6 Å². The Morgan fingerprint density at radius 1 is 1.39 bits per heavy atom. The van der Waals surface area contributed by atoms with E-state index >= 15 is 0 Å². The van der Waals surface area contributed by atoms with Crippen molar-refractivity contribution >= 4 is 22.6 Å². The summed E-state index contributed by atoms with van der Waals surface area (Å²) >= 11 is 6.19. The molecule has 0 saturated heterocycles. The van der Waals surface area contributed by atoms with Crippen molar-refractivity contribution in [3.8, 4) is 6.07 Å². The molecule has 0 bridgehead atoms. The van der Waals surface area contributed by atoms with E-state index in [2.05, 4.69) is 29.5 Å². The molecule has 4 heteroatoms. The maximum atomic E-state index is 8.98. The standard InChI is InChI=1S/C14H16ClN3/c1-9(2)8-18-13-6-11(7-16)4-5-12(13)17-14(18)10(3)15/h4-6,9-10H,8H2,1-3H3. The summed E-state index contributed by atoms with van der Waals surface area (Å²) in [5.41, 5.74) is 2.54. The summed E-state index contributed by atoms with van der Waals surface area (Å²) in [4.78, 5) is 4.56. The zero-order chi connectivity index (χ0) is 13.3. The van der Waals surface area contributed by atoms with Gasteiger partial charge in [0.05, 0.1) is 28.0 Å². The lowest BCUT2D eigenvalue weighted by Gasteiger charge is -2.12. The highest BCUT2D eigenvalue weighted by Crippen LogP contribution is 2.26. The zero-order valence-corrected chi connectivity index (χ0v) is 11.6. The smallest absolute Gasteiger partial charge is 0.127 e. The van der Waals surface area contributed by atoms with E-state index in [9.17, 15) is 0 Å². The summed E-state index contributed by atoms with van der Waals surface area (Å²) in [6.45, 7) is 7.09. The first-order chi connectivity index (χ1) is 8.52. The summed E-state index contributed by atoms with van der Waals surface area (Å²) in [5.74, 6) is 1.37. The molecule has 0 aliphatic carbocycles. The summed E-state index contributed by atoms with van der Waals surface area (Å²) in [7, 11) is 0. The lowest BCUT2D eigenvalue weighted by atomic mass is 10.2. The number of aromatic nitrogens is 2. The van der Waals surface area contributed by atoms with Crippen LogP contribution in [0.1, 0.15) is 37.5 Å². The highest BCUT2D eigenvalue weighted by Gasteiger charge is 2.15. The Hall–Kier alpha value is -1.53. The van der Waals surface area contributed by atoms with Gasteiger partial charge in [-0.3, -0.25) is 0 Å². The van der Waals surface area contributed by atoms with Gasteiger partial charge in [0.1, 0.15) is 5.82 Å². The number of fused-ring (bicyclic) bond motifs is 1. The number of hydrogen-bond acceptors (Lipinski definition) is 2. The Labute approximate surface area is 112 Å². The average Bonchev–Trinajstić information content (AvgIpc) is 2.67. The third-order valence-corrected chi connectivity index (χ3v) is 3.01. The van der Waals surface area contributed by atoms with Gasteiger partial charge < -0.3 is 4.57 Å². The van der Waals surface area contributed by atoms with E-state index in [1.807, 2.05) is 19.1 Å². The van der Waals surface area contributed by atoms with Crippen LogP contribution in [-0.4, -0.2) is 9.55 Å². The fraction of sp³-hybridized carbons (Fsp3) is 0.429. The molecule has 0 aliphatic rings. The van der Waals surface area contributed by atoms with Crippen LogP contribution in [0.15, 0.2) is 18.2 Å². The van der Waals surface area contributed by atoms with Crippen LogP contribution in [-0.2, 0) is 6.54 Å². The molecule has 3 nitrogen and oxygen atoms in total. The SMILES string of the molecule is CC(C)Cn1c(C(C)Cl)nc2ccc(C#N)cc21. The second kappa shape index (κ2) is 4.99. The lowest BCUT2D eigenvalue weighted by Crippen LogP contribution is -2.09. The molecule has 1 aromatic heterocycles. The second-order valence-corrected chi connectivity index (χ2v) is 5.56. The second-order valence-electron chi connectivity index (χ2n) is 4.91. The molecule has 2 aromatic rings. The maximum Gasteiger partial charge on any atom is 0.127 e. The van der Waals surface area contributed by atoms with Crippen molar-refractivity contribution in [2.24, 2.45) is 5.92 Å². The Morgan fingerprint density at radius 2 is 2.11 bits per heavy atom. The van der Waals surface area contributed by atoms with Crippen LogP contribution in [0.3, 0.4) is 0 Å². The van der Waals surface area contributed by atoms with Crippen LogP contribution in [0.25, 0.3) is 11.0 Å². The summed E-state index contributed by atoms with van der Waals surface area (Å²) in [5, 5.41) is 8.84. The number of nitrogens with zero attached hydrogens (tertiary/aromatic N) is 3. The van der Waals surface area contributed by atoms with E-state index in [-0.39, 0.29) is 5.38 Å². The van der Waals surface area contributed by atoms with E-state index in [1.165, 1.54) is 0 Å². The Morgan fingerprint density at radius 3 is 2.67 bits per heavy atom. The van der Waals surface area contributed by atoms with Crippen molar-refractivity contribution in [2.45, 2.75) is 32.7 Å². The van der Waals surface area contributed by atoms with Crippen molar-refractivity contribution in [1.29, 1.82) is 5.26 Å². The van der Waals surface area contributed by atoms with Gasteiger partial charge in [-0.25, -0.2) is 4.98 Å². The van der Waals surface area contributed by atoms with E-state index in [4.69, 9.17) is 16.9 Å². The molecule has 0 aliphatic heterocycles. The van der Waals surface area contributed by atoms with Gasteiger partial charge in [0, 0.05) is 6.54 Å². The molecule has 0 amide bonds. The summed E-state index contributed by atoms with van der Waals surface area (Å²) in [6, 6.07) is 7.72. The molecule has 0 N–H and O–H groups in total. The number of benzene rings is 1. The van der Waals surface area contributed by atoms with Gasteiger partial charge in [-0.05, 0) is 31.0 Å². The lowest BCUT2D eigenvalue weighted by molar-refractivity contribution is 0.517. The summed E-state index contributed by atoms with van der Waals surface area (Å²) < 4.78 is 2.12. The highest BCUT2D eigenvalue weighted by molar-refractivity contribution is 6.20. The molecular formula is C14H16ClN3. The predicted octanol–water partition coefficient (Wildman–Crippen LogP) is 3.86. The Bertz CT molecular complexity index is 605. The number of alkyl halides is 1. The van der Waals surface area contributed by atoms with Gasteiger partial charge >= 0.3 is 0 Å². The fourth-order valence-electron chi connectivity index (χ4n) is 2.07. The fourth-order valence-corrected chi connectivity index (χ4v) is 2.24. The van der Waals surface area contributed by atoms with Crippen LogP contribution in [0.2, 0.25) is 0 Å². The third-order valence-electron chi connectivity index (χ3n) is 2.81. The molecule has 94 valence electrons. The van der Waals surface area contributed by atoms with E-state index in [1.54, 1.807) is 6.07 Å². The van der Waals surface area contributed by atoms with E-state index < -0.39 is 0 Å². The first-order valence-electron chi connectivity index (χ1n) is 6.07. The number of rotatable bonds is 3. The van der Waals surface area contributed by atoms with Crippen molar-refractivity contribution in [1.82, 2.24) is 9.55 Å². The number of halogens is 1. The van der Waals surface area contributed by atoms with Crippen molar-refractivity contribution in [2.75, 3.05) is 0 Å². The molecular weight excluding hydrogens is 246 g/mol. The molecule has 1 unspecified atom stereocenters. The zero-order valence-electron chi connectivity index (χ0n) is 10.8. The molecule has 1 atom stereocenters. The van der Waals surface area contributed by atoms with Gasteiger partial charge in [-0.15, -0.1) is 11.6 Å². The minimum atomic E-state index is -0.137. The van der Waals surface area contributed by atoms with Gasteiger partial charge in [-0.2, -0.15) is 5.26 Å². The number of nitriles is 1. The first kappa shape index (κ1) is 12.9. The van der Waals surface area contributed by atoms with Crippen LogP contribution >= 0.6 is 11.6 Å². The highest BCUT2D eigenvalue weighted by atomic mass is 35.5. The average molecular weight is 262 g/mol. The van der Waals surface area contributed by atoms with E-state index in [0.717, 1.165) is 23.4 Å². The van der Waals surface area contributed by atoms with Gasteiger partial charge in [0.2, 0.25) is 0 Å². The largest absolute Gasteiger partial charge is 0.326 e. The molecule has 18 heavy (non-hydrogen) atoms. The number of hydrogen-bond donors (Lipinski definition) is 0. The number of imidazole rings is 1. The predicted molar refractivity (Wildman–Crippen MR) is 73.6 cm³/mol. The molecule has 2 rings (SSSR count). The van der Waals surface area contributed by atoms with Gasteiger partial charge in [0.25, 0.3) is 0 Å². The maximum absolute atomic E-state index is 8.98. The first-order valence-corrected chi connectivity index (χ1v) is 6.51. The van der Waals surface area contributed by atoms with Crippen molar-refractivity contribution < 1.29 is 0 Å². The molecule has 0 spiro atoms. The molecule has 1 heterocycles. The van der Waals surface area contributed by atoms with Crippen molar-refractivity contribution in [3.05, 3.63) is 29.6 Å². The van der Waals surface area contributed by atoms with Crippen LogP contribution in [0, 0.1) is 17.2 Å². The summed E-state index contributed by atoms with van der Waals surface area (Å²) in [6.07, 6.45) is 0. The van der Waals surface area contributed by atoms with Gasteiger partial charge in [-0.1, -0.05) is 13.8 Å². The Kier molecular flexibility index (Phi) is 3.58. The van der Waals surface area contributed by atoms with Crippen LogP contribution in [0.4, 0.5) is 0 Å². The quantitative estimate of drug-likeness (QED) is 0.787.